The van der Waals surface area contributed by atoms with Gasteiger partial charge in [-0.15, -0.1) is 0 Å². The number of hydrogen-bond donors (Lipinski definition) is 24. The molecular formula is C60H101BrINO41. The van der Waals surface area contributed by atoms with Gasteiger partial charge in [0, 0.05) is 23.7 Å². The number of aliphatic hydroxyl groups excluding tert-OH is 23. The predicted molar refractivity (Wildman–Crippen MR) is 341 cm³/mol. The van der Waals surface area contributed by atoms with Gasteiger partial charge in [-0.05, 0) is 0 Å². The minimum atomic E-state index is -2.35. The molecule has 0 aliphatic carbocycles. The highest BCUT2D eigenvalue weighted by atomic mass is 127. The van der Waals surface area contributed by atoms with E-state index in [9.17, 15) is 122 Å². The number of carbonyl (C=O) groups excluding carboxylic acids is 1. The van der Waals surface area contributed by atoms with Gasteiger partial charge < -0.3 is 203 Å². The Morgan fingerprint density at radius 1 is 0.308 bits per heavy atom. The molecule has 42 nitrogen and oxygen atoms in total. The van der Waals surface area contributed by atoms with Crippen molar-refractivity contribution in [2.24, 2.45) is 23.7 Å². The summed E-state index contributed by atoms with van der Waals surface area (Å²) in [7, 11) is 0. The van der Waals surface area contributed by atoms with Gasteiger partial charge in [0.2, 0.25) is 5.91 Å². The number of halogens is 2. The molecule has 24 N–H and O–H groups in total. The van der Waals surface area contributed by atoms with E-state index in [1.807, 2.05) is 0 Å². The monoisotopic (exact) mass is 1700 g/mol. The summed E-state index contributed by atoms with van der Waals surface area (Å²) in [6.45, 7) is -2.57. The van der Waals surface area contributed by atoms with E-state index < -0.39 is 339 Å². The third-order valence-corrected chi connectivity index (χ3v) is 22.6. The smallest absolute Gasteiger partial charge is 0.232 e. The highest BCUT2D eigenvalue weighted by Gasteiger charge is 2.60. The Bertz CT molecular complexity index is 2610. The molecule has 0 bridgehead atoms. The molecule has 44 heteroatoms. The maximum Gasteiger partial charge on any atom is 0.232 e. The van der Waals surface area contributed by atoms with Crippen LogP contribution in [0.25, 0.3) is 0 Å². The van der Waals surface area contributed by atoms with Crippen molar-refractivity contribution in [3.63, 3.8) is 0 Å². The average Bonchev–Trinajstić information content (AvgIpc) is 0.783. The second-order valence-corrected chi connectivity index (χ2v) is 29.4. The third-order valence-electron chi connectivity index (χ3n) is 20.5. The van der Waals surface area contributed by atoms with E-state index in [2.05, 4.69) is 21.2 Å². The Labute approximate surface area is 615 Å². The predicted octanol–water partition coefficient (Wildman–Crippen LogP) is -13.6. The van der Waals surface area contributed by atoms with Crippen LogP contribution in [0.4, 0.5) is 0 Å². The number of aliphatic hydroxyl groups is 23. The van der Waals surface area contributed by atoms with Crippen molar-refractivity contribution in [3.8, 4) is 0 Å². The fraction of sp³-hybridized carbons (Fsp3) is 0.983. The van der Waals surface area contributed by atoms with Gasteiger partial charge in [-0.3, -0.25) is 4.79 Å². The third kappa shape index (κ3) is 18.5. The highest BCUT2D eigenvalue weighted by molar-refractivity contribution is 14.1. The minimum absolute atomic E-state index is 0.123. The standard InChI is InChI=1S/C60H101BrINO41/c1-15-30(73)45(23(10-68)89-52(15)63-28(72)5-61)98-53-16(2)31(74)48(26(13-71)94-53)101-58-44(87)49(102-60-51(41(84)36(79)22(9-67)93-60)104-55-18(4)33(76)47(25(12-70)96-55)100-57-43(86)39(82)34(77)20(7-65)91-57)37(80)27(97-58)14-88-59-50(40(83)35(78)21(8-66)92-59)103-54-17(3)32(75)46(24(11-69)95-54)99-56-42(85)38(81)29(62)19(6-64)90-56/h15-27,29-60,64-71,73-87H,5-14H2,1-4H3,(H,63,72)/t15-,16-,17?,18-,19?,20?,21?,22+,23?,24-,25?,26?,27?,29-,30?,31?,32?,33?,34-,35+,36+,37+,38?,39?,40?,41?,42-,43-,44+,45+,46+,47+,48+,49?,50+,51?,52+,53-,54-,55-,56-,57-,58-,59-,60+/m0/s1. The first-order valence-corrected chi connectivity index (χ1v) is 36.4. The molecule has 9 heterocycles. The largest absolute Gasteiger partial charge is 0.394 e. The quantitative estimate of drug-likeness (QED) is 0.0268. The Morgan fingerprint density at radius 2 is 0.615 bits per heavy atom. The van der Waals surface area contributed by atoms with Crippen LogP contribution in [-0.2, 0) is 85.3 Å². The second-order valence-electron chi connectivity index (χ2n) is 27.4. The molecule has 9 aliphatic heterocycles. The molecule has 1 amide bonds. The van der Waals surface area contributed by atoms with Gasteiger partial charge in [0.15, 0.2) is 50.3 Å². The zero-order valence-electron chi connectivity index (χ0n) is 56.4. The Morgan fingerprint density at radius 3 is 1.04 bits per heavy atom. The van der Waals surface area contributed by atoms with Gasteiger partial charge in [-0.1, -0.05) is 66.2 Å². The maximum atomic E-state index is 12.5. The second kappa shape index (κ2) is 38.3. The number of ether oxygens (including phenoxy) is 17. The Kier molecular flexibility index (Phi) is 32.0. The summed E-state index contributed by atoms with van der Waals surface area (Å²) >= 11 is 4.81. The van der Waals surface area contributed by atoms with Crippen molar-refractivity contribution in [3.05, 3.63) is 0 Å². The molecule has 9 aliphatic rings. The number of alkyl halides is 2. The fourth-order valence-electron chi connectivity index (χ4n) is 13.9. The van der Waals surface area contributed by atoms with E-state index in [0.29, 0.717) is 0 Å². The molecule has 0 saturated carbocycles. The maximum absolute atomic E-state index is 12.5. The van der Waals surface area contributed by atoms with E-state index in [-0.39, 0.29) is 5.33 Å². The van der Waals surface area contributed by atoms with Crippen LogP contribution in [-0.4, -0.2) is 438 Å². The summed E-state index contributed by atoms with van der Waals surface area (Å²) in [6.07, 6.45) is -71.3. The lowest BCUT2D eigenvalue weighted by atomic mass is 9.89. The first kappa shape index (κ1) is 87.1. The van der Waals surface area contributed by atoms with Crippen LogP contribution in [0.5, 0.6) is 0 Å². The van der Waals surface area contributed by atoms with E-state index >= 15 is 0 Å². The Balaban J connectivity index is 0.987. The molecule has 0 aromatic carbocycles. The molecule has 45 atom stereocenters. The molecule has 606 valence electrons. The topological polar surface area (TPSA) is 651 Å². The van der Waals surface area contributed by atoms with E-state index in [1.54, 1.807) is 22.6 Å². The van der Waals surface area contributed by atoms with E-state index in [1.165, 1.54) is 27.7 Å². The molecule has 0 radical (unpaired) electrons. The molecular weight excluding hydrogens is 1600 g/mol. The summed E-state index contributed by atoms with van der Waals surface area (Å²) in [5.41, 5.74) is 0. The number of carbonyl (C=O) groups is 1. The fourth-order valence-corrected chi connectivity index (χ4v) is 14.9. The van der Waals surface area contributed by atoms with Gasteiger partial charge in [0.1, 0.15) is 159 Å². The van der Waals surface area contributed by atoms with E-state index in [4.69, 9.17) is 80.5 Å². The van der Waals surface area contributed by atoms with Crippen molar-refractivity contribution in [2.75, 3.05) is 64.8 Å². The molecule has 9 rings (SSSR count). The summed E-state index contributed by atoms with van der Waals surface area (Å²) in [5, 5.41) is 257. The summed E-state index contributed by atoms with van der Waals surface area (Å²) < 4.78 is 101. The van der Waals surface area contributed by atoms with Gasteiger partial charge in [0.05, 0.1) is 105 Å². The summed E-state index contributed by atoms with van der Waals surface area (Å²) in [5.74, 6) is -5.17. The number of rotatable bonds is 27. The van der Waals surface area contributed by atoms with Crippen LogP contribution in [0.2, 0.25) is 0 Å². The normalized spacial score (nSPS) is 52.0. The lowest BCUT2D eigenvalue weighted by Crippen LogP contribution is -2.68. The van der Waals surface area contributed by atoms with Crippen LogP contribution < -0.4 is 5.32 Å². The first-order chi connectivity index (χ1) is 49.4. The average molecular weight is 1700 g/mol. The molecule has 18 unspecified atom stereocenters. The molecule has 9 saturated heterocycles. The van der Waals surface area contributed by atoms with Gasteiger partial charge >= 0.3 is 0 Å². The molecule has 0 aromatic heterocycles. The van der Waals surface area contributed by atoms with Crippen LogP contribution in [0.15, 0.2) is 0 Å². The van der Waals surface area contributed by atoms with Crippen LogP contribution >= 0.6 is 38.5 Å². The zero-order valence-corrected chi connectivity index (χ0v) is 60.2. The van der Waals surface area contributed by atoms with Crippen LogP contribution in [0.3, 0.4) is 0 Å². The number of hydrogen-bond acceptors (Lipinski definition) is 41. The summed E-state index contributed by atoms with van der Waals surface area (Å²) in [4.78, 5) is 12.3. The van der Waals surface area contributed by atoms with Crippen LogP contribution in [0, 0.1) is 23.7 Å². The SMILES string of the molecule is CC1C(O)[C@H](O[C@@H]2OC(CO)[C@H](I)C(O)[C@@H]2O)[C@H](CO)O[C@H]1O[C@@H]1C(O)[C@H](O)C(CO)O[C@@H]1OCC1O[C@@H](O[C@@H]2C(CO)O[C@@H](O[C@@H]3C(CO)O[C@@H](NC(=O)CBr)[C@@H](C)C3O)[C@@H](C)C2O)[C@H](O)C(O[C@H]2O[C@H](CO)[C@@H](O)C(O)C2O[C@@H]2OC(CO)[C@@H](O[C@@H]3OC(CO)[C@H](O)C(O)[C@@H]3O)C(O)[C@@H]2C)[C@@H]1O. The highest BCUT2D eigenvalue weighted by Crippen LogP contribution is 2.42. The van der Waals surface area contributed by atoms with E-state index in [0.717, 1.165) is 0 Å². The molecule has 0 spiro atoms. The lowest BCUT2D eigenvalue weighted by Gasteiger charge is -2.51. The van der Waals surface area contributed by atoms with Crippen molar-refractivity contribution >= 4 is 44.4 Å². The molecule has 9 fully saturated rings. The number of amides is 1. The van der Waals surface area contributed by atoms with Gasteiger partial charge in [0.25, 0.3) is 0 Å². The van der Waals surface area contributed by atoms with Crippen molar-refractivity contribution in [1.82, 2.24) is 5.32 Å². The van der Waals surface area contributed by atoms with Crippen molar-refractivity contribution in [1.29, 1.82) is 0 Å². The van der Waals surface area contributed by atoms with Crippen molar-refractivity contribution in [2.45, 2.75) is 277 Å². The minimum Gasteiger partial charge on any atom is -0.394 e. The van der Waals surface area contributed by atoms with Crippen LogP contribution in [0.1, 0.15) is 27.7 Å². The molecule has 104 heavy (non-hydrogen) atoms. The first-order valence-electron chi connectivity index (χ1n) is 34.0. The molecule has 0 aromatic rings. The van der Waals surface area contributed by atoms with Gasteiger partial charge in [-0.2, -0.15) is 0 Å². The Hall–Kier alpha value is -0.920. The number of nitrogens with one attached hydrogen (secondary N) is 1. The van der Waals surface area contributed by atoms with Crippen molar-refractivity contribution < 1.29 is 203 Å². The van der Waals surface area contributed by atoms with Gasteiger partial charge in [-0.25, -0.2) is 0 Å². The zero-order chi connectivity index (χ0) is 76.4. The lowest BCUT2D eigenvalue weighted by molar-refractivity contribution is -0.402. The summed E-state index contributed by atoms with van der Waals surface area (Å²) in [6, 6.07) is 0.